The lowest BCUT2D eigenvalue weighted by Gasteiger charge is -2.34. The van der Waals surface area contributed by atoms with Gasteiger partial charge in [0, 0.05) is 37.4 Å². The van der Waals surface area contributed by atoms with Gasteiger partial charge in [0.2, 0.25) is 0 Å². The van der Waals surface area contributed by atoms with E-state index in [1.807, 2.05) is 13.1 Å². The summed E-state index contributed by atoms with van der Waals surface area (Å²) in [5, 5.41) is 3.70. The number of hydrogen-bond donors (Lipinski definition) is 1. The number of aryl methyl sites for hydroxylation is 2. The van der Waals surface area contributed by atoms with E-state index in [1.54, 1.807) is 0 Å². The van der Waals surface area contributed by atoms with Crippen LogP contribution in [0.2, 0.25) is 0 Å². The molecule has 7 heteroatoms. The number of piperidine rings is 1. The van der Waals surface area contributed by atoms with Crippen molar-refractivity contribution in [2.75, 3.05) is 18.0 Å². The van der Waals surface area contributed by atoms with Crippen LogP contribution in [0.4, 0.5) is 5.82 Å². The molecule has 0 aliphatic carbocycles. The van der Waals surface area contributed by atoms with Crippen molar-refractivity contribution in [3.8, 4) is 0 Å². The predicted molar refractivity (Wildman–Crippen MR) is 106 cm³/mol. The lowest BCUT2D eigenvalue weighted by Crippen LogP contribution is -2.43. The topological polar surface area (TPSA) is 66.8 Å². The van der Waals surface area contributed by atoms with Gasteiger partial charge in [-0.2, -0.15) is 8.75 Å². The van der Waals surface area contributed by atoms with Crippen molar-refractivity contribution in [1.29, 1.82) is 0 Å². The SMILES string of the molecule is CCc1cnc(C)nc1N1CCC(NCc2ccc3nsnc3c2)CC1. The molecule has 1 aliphatic rings. The summed E-state index contributed by atoms with van der Waals surface area (Å²) < 4.78 is 8.59. The molecule has 1 aromatic carbocycles. The molecule has 1 N–H and O–H groups in total. The number of rotatable bonds is 5. The third-order valence-electron chi connectivity index (χ3n) is 5.05. The van der Waals surface area contributed by atoms with Gasteiger partial charge in [0.25, 0.3) is 0 Å². The summed E-state index contributed by atoms with van der Waals surface area (Å²) in [5.41, 5.74) is 4.49. The molecule has 6 nitrogen and oxygen atoms in total. The van der Waals surface area contributed by atoms with Gasteiger partial charge >= 0.3 is 0 Å². The molecule has 0 unspecified atom stereocenters. The zero-order valence-corrected chi connectivity index (χ0v) is 16.1. The van der Waals surface area contributed by atoms with Crippen LogP contribution in [-0.4, -0.2) is 37.8 Å². The van der Waals surface area contributed by atoms with E-state index < -0.39 is 0 Å². The Morgan fingerprint density at radius 1 is 1.19 bits per heavy atom. The first-order chi connectivity index (χ1) is 12.7. The van der Waals surface area contributed by atoms with Gasteiger partial charge in [-0.25, -0.2) is 9.97 Å². The third-order valence-corrected chi connectivity index (χ3v) is 5.61. The molecular weight excluding hydrogens is 344 g/mol. The van der Waals surface area contributed by atoms with Crippen molar-refractivity contribution in [1.82, 2.24) is 24.0 Å². The second-order valence-electron chi connectivity index (χ2n) is 6.85. The maximum absolute atomic E-state index is 4.69. The van der Waals surface area contributed by atoms with E-state index in [0.29, 0.717) is 6.04 Å². The smallest absolute Gasteiger partial charge is 0.135 e. The number of nitrogens with one attached hydrogen (secondary N) is 1. The number of fused-ring (bicyclic) bond motifs is 1. The van der Waals surface area contributed by atoms with Gasteiger partial charge in [0.1, 0.15) is 22.7 Å². The zero-order chi connectivity index (χ0) is 17.9. The average Bonchev–Trinajstić information content (AvgIpc) is 3.14. The molecule has 3 heterocycles. The number of aromatic nitrogens is 4. The number of hydrogen-bond acceptors (Lipinski definition) is 7. The Morgan fingerprint density at radius 2 is 2.00 bits per heavy atom. The Hall–Kier alpha value is -2.12. The molecule has 0 amide bonds. The lowest BCUT2D eigenvalue weighted by molar-refractivity contribution is 0.412. The first-order valence-electron chi connectivity index (χ1n) is 9.25. The molecular formula is C19H24N6S. The highest BCUT2D eigenvalue weighted by Crippen LogP contribution is 2.22. The fourth-order valence-corrected chi connectivity index (χ4v) is 4.02. The summed E-state index contributed by atoms with van der Waals surface area (Å²) in [6.07, 6.45) is 5.21. The predicted octanol–water partition coefficient (Wildman–Crippen LogP) is 3.11. The highest BCUT2D eigenvalue weighted by molar-refractivity contribution is 7.00. The van der Waals surface area contributed by atoms with E-state index in [1.165, 1.54) is 22.9 Å². The number of anilines is 1. The third kappa shape index (κ3) is 3.68. The second kappa shape index (κ2) is 7.63. The first kappa shape index (κ1) is 17.3. The van der Waals surface area contributed by atoms with Gasteiger partial charge in [0.05, 0.1) is 11.7 Å². The van der Waals surface area contributed by atoms with Crippen molar-refractivity contribution in [2.24, 2.45) is 0 Å². The molecule has 1 aliphatic heterocycles. The Kier molecular flexibility index (Phi) is 5.08. The van der Waals surface area contributed by atoms with Crippen LogP contribution in [0.15, 0.2) is 24.4 Å². The quantitative estimate of drug-likeness (QED) is 0.746. The molecule has 0 saturated carbocycles. The molecule has 0 radical (unpaired) electrons. The highest BCUT2D eigenvalue weighted by atomic mass is 32.1. The van der Waals surface area contributed by atoms with E-state index in [0.717, 1.165) is 61.6 Å². The average molecular weight is 369 g/mol. The van der Waals surface area contributed by atoms with E-state index in [-0.39, 0.29) is 0 Å². The Morgan fingerprint density at radius 3 is 2.81 bits per heavy atom. The zero-order valence-electron chi connectivity index (χ0n) is 15.3. The van der Waals surface area contributed by atoms with Crippen molar-refractivity contribution in [3.05, 3.63) is 41.3 Å². The van der Waals surface area contributed by atoms with E-state index >= 15 is 0 Å². The van der Waals surface area contributed by atoms with E-state index in [4.69, 9.17) is 4.98 Å². The molecule has 0 bridgehead atoms. The summed E-state index contributed by atoms with van der Waals surface area (Å²) in [5.74, 6) is 1.98. The summed E-state index contributed by atoms with van der Waals surface area (Å²) in [6, 6.07) is 6.88. The van der Waals surface area contributed by atoms with Crippen molar-refractivity contribution in [2.45, 2.75) is 45.7 Å². The molecule has 1 fully saturated rings. The van der Waals surface area contributed by atoms with Crippen molar-refractivity contribution in [3.63, 3.8) is 0 Å². The Labute approximate surface area is 158 Å². The van der Waals surface area contributed by atoms with Gasteiger partial charge in [-0.15, -0.1) is 0 Å². The molecule has 0 spiro atoms. The minimum absolute atomic E-state index is 0.545. The maximum Gasteiger partial charge on any atom is 0.135 e. The van der Waals surface area contributed by atoms with Gasteiger partial charge in [-0.3, -0.25) is 0 Å². The van der Waals surface area contributed by atoms with Crippen molar-refractivity contribution >= 4 is 28.6 Å². The minimum Gasteiger partial charge on any atom is -0.356 e. The molecule has 3 aromatic rings. The van der Waals surface area contributed by atoms with Crippen LogP contribution in [0, 0.1) is 6.92 Å². The monoisotopic (exact) mass is 368 g/mol. The van der Waals surface area contributed by atoms with Crippen LogP contribution in [0.25, 0.3) is 11.0 Å². The van der Waals surface area contributed by atoms with Gasteiger partial charge in [-0.1, -0.05) is 13.0 Å². The number of benzene rings is 1. The molecule has 0 atom stereocenters. The summed E-state index contributed by atoms with van der Waals surface area (Å²) in [4.78, 5) is 11.5. The van der Waals surface area contributed by atoms with Crippen molar-refractivity contribution < 1.29 is 0 Å². The summed E-state index contributed by atoms with van der Waals surface area (Å²) in [6.45, 7) is 7.09. The van der Waals surface area contributed by atoms with Crippen LogP contribution in [0.5, 0.6) is 0 Å². The van der Waals surface area contributed by atoms with Crippen LogP contribution in [0.3, 0.4) is 0 Å². The van der Waals surface area contributed by atoms with E-state index in [9.17, 15) is 0 Å². The highest BCUT2D eigenvalue weighted by Gasteiger charge is 2.21. The standard InChI is InChI=1S/C19H24N6S/c1-3-15-12-20-13(2)22-19(15)25-8-6-16(7-9-25)21-11-14-4-5-17-18(10-14)24-26-23-17/h4-5,10,12,16,21H,3,6-9,11H2,1-2H3. The van der Waals surface area contributed by atoms with E-state index in [2.05, 4.69) is 49.1 Å². The fraction of sp³-hybridized carbons (Fsp3) is 0.474. The molecule has 2 aromatic heterocycles. The molecule has 136 valence electrons. The van der Waals surface area contributed by atoms with Gasteiger partial charge in [-0.05, 0) is 43.9 Å². The lowest BCUT2D eigenvalue weighted by atomic mass is 10.0. The number of nitrogens with zero attached hydrogens (tertiary/aromatic N) is 5. The molecule has 4 rings (SSSR count). The van der Waals surface area contributed by atoms with Crippen LogP contribution in [-0.2, 0) is 13.0 Å². The summed E-state index contributed by atoms with van der Waals surface area (Å²) in [7, 11) is 0. The normalized spacial score (nSPS) is 15.7. The Balaban J connectivity index is 1.34. The van der Waals surface area contributed by atoms with Crippen LogP contribution >= 0.6 is 11.7 Å². The second-order valence-corrected chi connectivity index (χ2v) is 7.38. The van der Waals surface area contributed by atoms with Crippen LogP contribution < -0.4 is 10.2 Å². The van der Waals surface area contributed by atoms with Gasteiger partial charge in [0.15, 0.2) is 0 Å². The Bertz CT molecular complexity index is 885. The molecule has 26 heavy (non-hydrogen) atoms. The van der Waals surface area contributed by atoms with Crippen LogP contribution in [0.1, 0.15) is 36.7 Å². The van der Waals surface area contributed by atoms with Gasteiger partial charge < -0.3 is 10.2 Å². The fourth-order valence-electron chi connectivity index (χ4n) is 3.50. The largest absolute Gasteiger partial charge is 0.356 e. The first-order valence-corrected chi connectivity index (χ1v) is 9.98. The summed E-state index contributed by atoms with van der Waals surface area (Å²) >= 11 is 1.27. The minimum atomic E-state index is 0.545. The maximum atomic E-state index is 4.69. The molecule has 1 saturated heterocycles.